The van der Waals surface area contributed by atoms with Gasteiger partial charge in [-0.2, -0.15) is 0 Å². The zero-order chi connectivity index (χ0) is 18.9. The van der Waals surface area contributed by atoms with E-state index in [1.54, 1.807) is 12.1 Å². The third kappa shape index (κ3) is 12.8. The van der Waals surface area contributed by atoms with Gasteiger partial charge in [0.15, 0.2) is 0 Å². The van der Waals surface area contributed by atoms with Gasteiger partial charge in [0, 0.05) is 13.0 Å². The summed E-state index contributed by atoms with van der Waals surface area (Å²) in [6.07, 6.45) is 17.0. The third-order valence-corrected chi connectivity index (χ3v) is 4.91. The molecule has 3 nitrogen and oxygen atoms in total. The van der Waals surface area contributed by atoms with Crippen molar-refractivity contribution in [2.24, 2.45) is 0 Å². The van der Waals surface area contributed by atoms with E-state index >= 15 is 0 Å². The molecule has 0 saturated carbocycles. The van der Waals surface area contributed by atoms with Crippen molar-refractivity contribution in [1.29, 1.82) is 0 Å². The van der Waals surface area contributed by atoms with Crippen molar-refractivity contribution in [3.05, 3.63) is 29.8 Å². The van der Waals surface area contributed by atoms with Crippen LogP contribution in [0.15, 0.2) is 24.3 Å². The summed E-state index contributed by atoms with van der Waals surface area (Å²) in [5.74, 6) is 0.487. The number of aromatic hydroxyl groups is 1. The second kappa shape index (κ2) is 15.7. The summed E-state index contributed by atoms with van der Waals surface area (Å²) < 4.78 is 0. The normalized spacial score (nSPS) is 10.8. The maximum absolute atomic E-state index is 11.8. The molecule has 0 heterocycles. The average Bonchev–Trinajstić information content (AvgIpc) is 2.65. The van der Waals surface area contributed by atoms with Gasteiger partial charge in [-0.05, 0) is 37.0 Å². The maximum Gasteiger partial charge on any atom is 0.219 e. The Morgan fingerprint density at radius 2 is 1.35 bits per heavy atom. The minimum absolute atomic E-state index is 0.187. The Kier molecular flexibility index (Phi) is 13.6. The molecule has 0 atom stereocenters. The molecule has 0 bridgehead atoms. The molecule has 0 aliphatic heterocycles. The van der Waals surface area contributed by atoms with Crippen LogP contribution in [-0.2, 0) is 11.2 Å². The molecule has 26 heavy (non-hydrogen) atoms. The van der Waals surface area contributed by atoms with Crippen LogP contribution in [0.2, 0.25) is 0 Å². The third-order valence-electron chi connectivity index (χ3n) is 4.91. The van der Waals surface area contributed by atoms with Crippen LogP contribution in [0.3, 0.4) is 0 Å². The van der Waals surface area contributed by atoms with Crippen LogP contribution in [0.4, 0.5) is 0 Å². The largest absolute Gasteiger partial charge is 0.508 e. The minimum atomic E-state index is 0.187. The van der Waals surface area contributed by atoms with Crippen molar-refractivity contribution in [2.75, 3.05) is 6.54 Å². The van der Waals surface area contributed by atoms with Crippen molar-refractivity contribution < 1.29 is 9.90 Å². The fourth-order valence-electron chi connectivity index (χ4n) is 3.22. The summed E-state index contributed by atoms with van der Waals surface area (Å²) in [6, 6.07) is 7.28. The van der Waals surface area contributed by atoms with Crippen LogP contribution in [0.5, 0.6) is 5.75 Å². The zero-order valence-corrected chi connectivity index (χ0v) is 16.8. The van der Waals surface area contributed by atoms with E-state index in [4.69, 9.17) is 0 Å². The van der Waals surface area contributed by atoms with E-state index < -0.39 is 0 Å². The van der Waals surface area contributed by atoms with Gasteiger partial charge in [0.2, 0.25) is 5.91 Å². The van der Waals surface area contributed by atoms with Crippen LogP contribution in [-0.4, -0.2) is 17.6 Å². The summed E-state index contributed by atoms with van der Waals surface area (Å²) in [6.45, 7) is 3.00. The Morgan fingerprint density at radius 3 is 1.92 bits per heavy atom. The number of phenols is 1. The molecule has 1 aromatic rings. The fourth-order valence-corrected chi connectivity index (χ4v) is 3.22. The first kappa shape index (κ1) is 22.5. The van der Waals surface area contributed by atoms with Gasteiger partial charge in [0.05, 0.1) is 0 Å². The van der Waals surface area contributed by atoms with Crippen LogP contribution in [0, 0.1) is 0 Å². The van der Waals surface area contributed by atoms with Crippen LogP contribution in [0.1, 0.15) is 96.0 Å². The molecule has 1 aromatic carbocycles. The first-order chi connectivity index (χ1) is 12.7. The number of carbonyl (C=O) groups is 1. The lowest BCUT2D eigenvalue weighted by atomic mass is 10.1. The number of hydrogen-bond donors (Lipinski definition) is 2. The van der Waals surface area contributed by atoms with Gasteiger partial charge in [-0.3, -0.25) is 4.79 Å². The minimum Gasteiger partial charge on any atom is -0.508 e. The molecule has 0 unspecified atom stereocenters. The topological polar surface area (TPSA) is 49.3 Å². The van der Waals surface area contributed by atoms with E-state index in [2.05, 4.69) is 12.2 Å². The monoisotopic (exact) mass is 361 g/mol. The molecule has 1 rings (SSSR count). The Balaban J connectivity index is 1.84. The fraction of sp³-hybridized carbons (Fsp3) is 0.696. The van der Waals surface area contributed by atoms with Crippen molar-refractivity contribution in [3.8, 4) is 5.75 Å². The first-order valence-corrected chi connectivity index (χ1v) is 10.8. The summed E-state index contributed by atoms with van der Waals surface area (Å²) >= 11 is 0. The Hall–Kier alpha value is -1.51. The number of hydrogen-bond acceptors (Lipinski definition) is 2. The van der Waals surface area contributed by atoms with Crippen LogP contribution >= 0.6 is 0 Å². The quantitative estimate of drug-likeness (QED) is 0.347. The van der Waals surface area contributed by atoms with Crippen LogP contribution in [0.25, 0.3) is 0 Å². The van der Waals surface area contributed by atoms with Gasteiger partial charge in [-0.15, -0.1) is 0 Å². The predicted molar refractivity (Wildman–Crippen MR) is 111 cm³/mol. The number of rotatable bonds is 16. The van der Waals surface area contributed by atoms with Gasteiger partial charge < -0.3 is 10.4 Å². The molecule has 3 heteroatoms. The Labute approximate surface area is 160 Å². The molecule has 1 amide bonds. The van der Waals surface area contributed by atoms with E-state index in [9.17, 15) is 9.90 Å². The zero-order valence-electron chi connectivity index (χ0n) is 16.8. The standard InChI is InChI=1S/C23H39NO2/c1-2-3-4-5-6-7-8-9-10-11-12-15-23(26)24-20-13-14-21-16-18-22(25)19-17-21/h16-19,25H,2-15,20H2,1H3,(H,24,26). The van der Waals surface area contributed by atoms with Crippen molar-refractivity contribution in [2.45, 2.75) is 96.8 Å². The van der Waals surface area contributed by atoms with Gasteiger partial charge in [0.25, 0.3) is 0 Å². The summed E-state index contributed by atoms with van der Waals surface area (Å²) in [7, 11) is 0. The SMILES string of the molecule is CCCCCCCCCCCCCC(=O)NCCCc1ccc(O)cc1. The number of carbonyl (C=O) groups excluding carboxylic acids is 1. The number of benzene rings is 1. The van der Waals surface area contributed by atoms with Gasteiger partial charge >= 0.3 is 0 Å². The molecular formula is C23H39NO2. The lowest BCUT2D eigenvalue weighted by Gasteiger charge is -2.06. The smallest absolute Gasteiger partial charge is 0.219 e. The summed E-state index contributed by atoms with van der Waals surface area (Å²) in [5.41, 5.74) is 1.20. The van der Waals surface area contributed by atoms with Crippen molar-refractivity contribution >= 4 is 5.91 Å². The molecule has 0 saturated heterocycles. The number of unbranched alkanes of at least 4 members (excludes halogenated alkanes) is 10. The number of phenolic OH excluding ortho intramolecular Hbond substituents is 1. The highest BCUT2D eigenvalue weighted by molar-refractivity contribution is 5.75. The molecule has 148 valence electrons. The van der Waals surface area contributed by atoms with E-state index in [1.165, 1.54) is 69.8 Å². The number of amides is 1. The molecule has 2 N–H and O–H groups in total. The van der Waals surface area contributed by atoms with Crippen molar-refractivity contribution in [3.63, 3.8) is 0 Å². The van der Waals surface area contributed by atoms with Crippen molar-refractivity contribution in [1.82, 2.24) is 5.32 Å². The van der Waals surface area contributed by atoms with E-state index in [0.29, 0.717) is 12.2 Å². The van der Waals surface area contributed by atoms with Gasteiger partial charge in [-0.25, -0.2) is 0 Å². The molecule has 0 fully saturated rings. The first-order valence-electron chi connectivity index (χ1n) is 10.8. The highest BCUT2D eigenvalue weighted by Gasteiger charge is 2.01. The van der Waals surface area contributed by atoms with Gasteiger partial charge in [0.1, 0.15) is 5.75 Å². The second-order valence-corrected chi connectivity index (χ2v) is 7.41. The lowest BCUT2D eigenvalue weighted by molar-refractivity contribution is -0.121. The molecule has 0 aliphatic carbocycles. The highest BCUT2D eigenvalue weighted by Crippen LogP contribution is 2.12. The summed E-state index contributed by atoms with van der Waals surface area (Å²) in [4.78, 5) is 11.8. The molecule has 0 spiro atoms. The number of nitrogens with one attached hydrogen (secondary N) is 1. The number of aryl methyl sites for hydroxylation is 1. The highest BCUT2D eigenvalue weighted by atomic mass is 16.3. The second-order valence-electron chi connectivity index (χ2n) is 7.41. The van der Waals surface area contributed by atoms with E-state index in [-0.39, 0.29) is 5.91 Å². The molecule has 0 aromatic heterocycles. The van der Waals surface area contributed by atoms with Gasteiger partial charge in [-0.1, -0.05) is 83.3 Å². The lowest BCUT2D eigenvalue weighted by Crippen LogP contribution is -2.24. The molecule has 0 aliphatic rings. The molecular weight excluding hydrogens is 322 g/mol. The van der Waals surface area contributed by atoms with E-state index in [0.717, 1.165) is 25.8 Å². The average molecular weight is 362 g/mol. The summed E-state index contributed by atoms with van der Waals surface area (Å²) in [5, 5.41) is 12.3. The Morgan fingerprint density at radius 1 is 0.808 bits per heavy atom. The Bertz CT molecular complexity index is 456. The van der Waals surface area contributed by atoms with E-state index in [1.807, 2.05) is 12.1 Å². The predicted octanol–water partition coefficient (Wildman–Crippen LogP) is 6.14. The molecule has 0 radical (unpaired) electrons. The van der Waals surface area contributed by atoms with Crippen LogP contribution < -0.4 is 5.32 Å². The maximum atomic E-state index is 11.8.